The van der Waals surface area contributed by atoms with Crippen molar-refractivity contribution in [2.24, 2.45) is 5.41 Å². The second-order valence-corrected chi connectivity index (χ2v) is 47.7. The van der Waals surface area contributed by atoms with Crippen molar-refractivity contribution in [1.29, 1.82) is 5.26 Å². The van der Waals surface area contributed by atoms with Crippen LogP contribution < -0.4 is 39.7 Å². The molecule has 0 saturated heterocycles. The lowest BCUT2D eigenvalue weighted by Crippen LogP contribution is -2.43. The zero-order valence-electron chi connectivity index (χ0n) is 89.5. The van der Waals surface area contributed by atoms with Gasteiger partial charge in [-0.05, 0) is 108 Å². The van der Waals surface area contributed by atoms with E-state index in [4.69, 9.17) is 59.6 Å². The molecule has 0 saturated carbocycles. The van der Waals surface area contributed by atoms with E-state index >= 15 is 0 Å². The number of nitrogens with zero attached hydrogens (tertiary/aromatic N) is 17. The van der Waals surface area contributed by atoms with E-state index in [0.29, 0.717) is 46.3 Å². The van der Waals surface area contributed by atoms with Crippen molar-refractivity contribution in [2.45, 2.75) is 401 Å². The van der Waals surface area contributed by atoms with Crippen LogP contribution in [0.1, 0.15) is 414 Å². The standard InChI is InChI=1S/C17H30N2.C14H21NS.C13H20N2S.C12H19N3.C12H17N3.C10H15F2N3.C9H12F3N3.C9H12N4.C9H15N3/c1-8-9-10-11-14-18-13(4)15(12(2)3)16(19-14)17(5,6)7;1-9-7-14(5,6)8-10-11(9)16-12(15-10)13(2,3)4;1-8-10-9(7-13(5,6)15-8)14-11(16-10)12(2,3)4;2*1-6-7-9-8(2)14-11(13)15-10(9)12(3,4)5;1-9(2,3)8-14-5-6(7(13)15-8)10(4,11)12;1-8(2,3)6-5(9(10,11)12)4-14-7(13)15-6;1-9(2,3)7-6(4-10)5-12-8(11)13-7;1-6-5-7(9(2,3)4)12-8(10)11-6/h12H,8-11H2,1-7H3;1,7-8H2,2-6H3;15H,1,7H2,2-6H3;6H,1,7H2,2-5H3,(H2,13,14,15);1-5H3,(H2,13,14,15);5H,1-4H3,(H2,13,14,15);4H,1-3H3,(H2,13,14,15);5H,1-3H3,(H2,11,12,13);5H,1-4H3,(H2,10,11,12). The summed E-state index contributed by atoms with van der Waals surface area (Å²) in [6.07, 6.45) is 9.39. The second-order valence-electron chi connectivity index (χ2n) is 45.7. The molecule has 0 aromatic carbocycles. The van der Waals surface area contributed by atoms with Crippen LogP contribution in [0.2, 0.25) is 0 Å². The Kier molecular flexibility index (Phi) is 41.0. The Morgan fingerprint density at radius 1 is 0.493 bits per heavy atom. The van der Waals surface area contributed by atoms with Crippen LogP contribution >= 0.6 is 22.7 Å². The SMILES string of the molecule is C=C1CC(C)(C)Cc2nc(C(C)(C)C)sc21.C=C1NC(C)(C)Cc2nc(C(C)(C)C)sc21.C=CCc1c(C)nc(N)nc1C(C)(C)C.CC#Cc1c(C)nc(N)nc1C(C)(C)C.CC(C)(C)c1nc(N)ncc1C#N.CC(C)(C)c1nc(N)ncc1C(F)(F)F.CC(C)(C)c1ncc(C(C)(F)F)c(N)n1.CCCCCc1nc(C)c(C(C)C)c(C(C)(C)C)n1.Cc1cc(C(C)(C)C)nc(N)n1. The average molecular weight is 1920 g/mol. The van der Waals surface area contributed by atoms with Crippen LogP contribution in [0, 0.1) is 56.3 Å². The fraction of sp³-hybridized carbons (Fsp3) is 0.590. The summed E-state index contributed by atoms with van der Waals surface area (Å²) in [5.74, 6) is 5.86. The smallest absolute Gasteiger partial charge is 0.383 e. The third-order valence-corrected chi connectivity index (χ3v) is 23.8. The highest BCUT2D eigenvalue weighted by molar-refractivity contribution is 7.13. The molecule has 13 N–H and O–H groups in total. The van der Waals surface area contributed by atoms with Crippen LogP contribution in [-0.2, 0) is 86.5 Å². The number of nitriles is 1. The number of thiazole rings is 2. The first kappa shape index (κ1) is 120. The maximum Gasteiger partial charge on any atom is 0.419 e. The van der Waals surface area contributed by atoms with E-state index in [0.717, 1.165) is 108 Å². The Balaban J connectivity index is 0.000000395. The number of nitrogens with two attached hydrogens (primary N) is 6. The van der Waals surface area contributed by atoms with E-state index in [9.17, 15) is 22.0 Å². The summed E-state index contributed by atoms with van der Waals surface area (Å²) in [5.41, 5.74) is 48.8. The highest BCUT2D eigenvalue weighted by Gasteiger charge is 2.40. The average Bonchev–Trinajstić information content (AvgIpc) is 1.41. The maximum absolute atomic E-state index is 13.0. The minimum atomic E-state index is -4.45. The van der Waals surface area contributed by atoms with E-state index in [1.54, 1.807) is 32.1 Å². The molecule has 9 aromatic heterocycles. The molecule has 0 bridgehead atoms. The van der Waals surface area contributed by atoms with Gasteiger partial charge in [0.25, 0.3) is 5.92 Å². The molecular formula is C105H161F5N24S2. The number of rotatable bonds is 8. The van der Waals surface area contributed by atoms with Crippen LogP contribution in [0.5, 0.6) is 0 Å². The van der Waals surface area contributed by atoms with Crippen molar-refractivity contribution in [1.82, 2.24) is 85.1 Å². The number of halogens is 5. The summed E-state index contributed by atoms with van der Waals surface area (Å²) in [6.45, 7) is 93.9. The molecule has 136 heavy (non-hydrogen) atoms. The molecular weight excluding hydrogens is 1760 g/mol. The van der Waals surface area contributed by atoms with Gasteiger partial charge in [-0.15, -0.1) is 35.2 Å². The van der Waals surface area contributed by atoms with Gasteiger partial charge in [0.15, 0.2) is 0 Å². The number of anilines is 6. The first-order valence-electron chi connectivity index (χ1n) is 46.2. The summed E-state index contributed by atoms with van der Waals surface area (Å²) < 4.78 is 63.7. The molecule has 9 aromatic rings. The number of aryl methyl sites for hydroxylation is 5. The number of allylic oxidation sites excluding steroid dienone is 2. The molecule has 748 valence electrons. The summed E-state index contributed by atoms with van der Waals surface area (Å²) in [6, 6.07) is 4.02. The molecule has 31 heteroatoms. The Morgan fingerprint density at radius 3 is 1.39 bits per heavy atom. The van der Waals surface area contributed by atoms with Crippen LogP contribution in [0.4, 0.5) is 57.5 Å². The van der Waals surface area contributed by atoms with Gasteiger partial charge in [-0.2, -0.15) is 18.4 Å². The molecule has 24 nitrogen and oxygen atoms in total. The Bertz CT molecular complexity index is 5570. The van der Waals surface area contributed by atoms with E-state index in [1.165, 1.54) is 79.1 Å². The first-order valence-corrected chi connectivity index (χ1v) is 47.8. The predicted octanol–water partition coefficient (Wildman–Crippen LogP) is 24.9. The Labute approximate surface area is 818 Å². The number of hydrogen-bond acceptors (Lipinski definition) is 26. The van der Waals surface area contributed by atoms with Gasteiger partial charge in [-0.25, -0.2) is 88.5 Å². The van der Waals surface area contributed by atoms with E-state index in [-0.39, 0.29) is 77.8 Å². The quantitative estimate of drug-likeness (QED) is 0.0321. The zero-order chi connectivity index (χ0) is 105. The molecule has 0 spiro atoms. The monoisotopic (exact) mass is 1920 g/mol. The molecule has 1 aliphatic heterocycles. The van der Waals surface area contributed by atoms with E-state index in [1.807, 2.05) is 98.8 Å². The van der Waals surface area contributed by atoms with Gasteiger partial charge in [-0.3, -0.25) is 0 Å². The number of fused-ring (bicyclic) bond motifs is 2. The molecule has 0 fully saturated rings. The van der Waals surface area contributed by atoms with Crippen LogP contribution in [-0.4, -0.2) is 85.3 Å². The lowest BCUT2D eigenvalue weighted by atomic mass is 9.77. The largest absolute Gasteiger partial charge is 0.419 e. The van der Waals surface area contributed by atoms with Gasteiger partial charge < -0.3 is 39.7 Å². The van der Waals surface area contributed by atoms with Crippen molar-refractivity contribution in [3.63, 3.8) is 0 Å². The van der Waals surface area contributed by atoms with Crippen LogP contribution in [0.25, 0.3) is 11.3 Å². The minimum absolute atomic E-state index is 0.0137. The molecule has 1 aliphatic carbocycles. The first-order chi connectivity index (χ1) is 61.4. The van der Waals surface area contributed by atoms with Gasteiger partial charge in [0.2, 0.25) is 29.7 Å². The van der Waals surface area contributed by atoms with Gasteiger partial charge >= 0.3 is 6.18 Å². The van der Waals surface area contributed by atoms with Crippen molar-refractivity contribution in [3.05, 3.63) is 184 Å². The fourth-order valence-corrected chi connectivity index (χ4v) is 16.3. The predicted molar refractivity (Wildman–Crippen MR) is 556 cm³/mol. The van der Waals surface area contributed by atoms with Crippen LogP contribution in [0.3, 0.4) is 0 Å². The summed E-state index contributed by atoms with van der Waals surface area (Å²) >= 11 is 3.62. The fourth-order valence-electron chi connectivity index (χ4n) is 14.1. The molecule has 2 aliphatic rings. The van der Waals surface area contributed by atoms with Crippen molar-refractivity contribution in [2.75, 3.05) is 34.4 Å². The molecule has 10 heterocycles. The number of alkyl halides is 5. The van der Waals surface area contributed by atoms with E-state index < -0.39 is 23.1 Å². The van der Waals surface area contributed by atoms with E-state index in [2.05, 4.69) is 277 Å². The molecule has 0 radical (unpaired) electrons. The summed E-state index contributed by atoms with van der Waals surface area (Å²) in [5, 5.41) is 14.7. The molecule has 11 rings (SSSR count). The highest BCUT2D eigenvalue weighted by atomic mass is 32.1. The summed E-state index contributed by atoms with van der Waals surface area (Å²) in [7, 11) is 0. The number of hydrogen-bond donors (Lipinski definition) is 7. The maximum atomic E-state index is 13.0. The third kappa shape index (κ3) is 37.0. The molecule has 0 amide bonds. The number of aromatic nitrogens is 16. The van der Waals surface area contributed by atoms with Crippen molar-refractivity contribution < 1.29 is 22.0 Å². The van der Waals surface area contributed by atoms with Gasteiger partial charge in [0, 0.05) is 109 Å². The lowest BCUT2D eigenvalue weighted by molar-refractivity contribution is -0.139. The van der Waals surface area contributed by atoms with Gasteiger partial charge in [-0.1, -0.05) is 260 Å². The Morgan fingerprint density at radius 2 is 0.956 bits per heavy atom. The summed E-state index contributed by atoms with van der Waals surface area (Å²) in [4.78, 5) is 69.6. The molecule has 0 unspecified atom stereocenters. The second kappa shape index (κ2) is 46.7. The number of nitrogen functional groups attached to an aromatic ring is 6. The van der Waals surface area contributed by atoms with Gasteiger partial charge in [0.05, 0.1) is 99.5 Å². The van der Waals surface area contributed by atoms with Crippen molar-refractivity contribution in [3.8, 4) is 17.9 Å². The number of unbranched alkanes of at least 4 members (excludes halogenated alkanes) is 2. The van der Waals surface area contributed by atoms with Crippen molar-refractivity contribution >= 4 is 69.5 Å². The zero-order valence-corrected chi connectivity index (χ0v) is 91.1. The lowest BCUT2D eigenvalue weighted by Gasteiger charge is -2.32. The Hall–Kier alpha value is -10.7. The minimum Gasteiger partial charge on any atom is -0.383 e. The highest BCUT2D eigenvalue weighted by Crippen LogP contribution is 2.46. The normalized spacial score (nSPS) is 13.7. The number of nitrogens with one attached hydrogen (secondary N) is 1. The third-order valence-electron chi connectivity index (χ3n) is 20.6. The van der Waals surface area contributed by atoms with Gasteiger partial charge in [0.1, 0.15) is 23.5 Å². The van der Waals surface area contributed by atoms with Crippen LogP contribution in [0.15, 0.2) is 50.5 Å². The molecule has 0 atom stereocenters. The topological polar surface area (TPSA) is 398 Å².